The van der Waals surface area contributed by atoms with E-state index in [-0.39, 0.29) is 5.41 Å². The molecule has 0 aliphatic carbocycles. The number of rotatable bonds is 11. The lowest BCUT2D eigenvalue weighted by atomic mass is 9.84. The van der Waals surface area contributed by atoms with Gasteiger partial charge in [0.2, 0.25) is 5.91 Å². The normalized spacial score (nSPS) is 23.7. The van der Waals surface area contributed by atoms with Crippen molar-refractivity contribution in [1.29, 1.82) is 0 Å². The highest BCUT2D eigenvalue weighted by Gasteiger charge is 2.42. The van der Waals surface area contributed by atoms with E-state index in [1.165, 1.54) is 22.2 Å². The second-order valence-corrected chi connectivity index (χ2v) is 12.1. The molecule has 0 aromatic heterocycles. The standard InChI is InChI=1S/C34H44BN3O/c1-3-36(20-18-34(2)19-21-38(33(34)39)23-28-14-16-31(35)17-15-28)24-30-25-37(22-27-10-6-4-7-11-27)26-32(30)29-12-8-5-9-13-29/h4-17,30,32H,3,18-26,35H2,1-2H3/t30-,32+,34?/m0/s1. The highest BCUT2D eigenvalue weighted by Crippen LogP contribution is 2.37. The highest BCUT2D eigenvalue weighted by molar-refractivity contribution is 6.32. The molecule has 0 saturated carbocycles. The summed E-state index contributed by atoms with van der Waals surface area (Å²) in [5.41, 5.74) is 5.07. The third-order valence-corrected chi connectivity index (χ3v) is 9.14. The summed E-state index contributed by atoms with van der Waals surface area (Å²) < 4.78 is 0. The van der Waals surface area contributed by atoms with Crippen LogP contribution in [0.5, 0.6) is 0 Å². The van der Waals surface area contributed by atoms with E-state index in [2.05, 4.69) is 121 Å². The van der Waals surface area contributed by atoms with Gasteiger partial charge in [0.25, 0.3) is 0 Å². The van der Waals surface area contributed by atoms with Crippen molar-refractivity contribution in [3.05, 3.63) is 102 Å². The fraction of sp³-hybridized carbons (Fsp3) is 0.441. The van der Waals surface area contributed by atoms with Crippen molar-refractivity contribution in [1.82, 2.24) is 14.7 Å². The van der Waals surface area contributed by atoms with Crippen molar-refractivity contribution in [2.45, 2.75) is 45.7 Å². The number of carbonyl (C=O) groups is 1. The number of hydrogen-bond donors (Lipinski definition) is 0. The maximum Gasteiger partial charge on any atom is 0.228 e. The van der Waals surface area contributed by atoms with Crippen molar-refractivity contribution in [2.75, 3.05) is 39.3 Å². The van der Waals surface area contributed by atoms with Gasteiger partial charge in [-0.25, -0.2) is 0 Å². The average molecular weight is 522 g/mol. The summed E-state index contributed by atoms with van der Waals surface area (Å²) in [5, 5.41) is 0. The van der Waals surface area contributed by atoms with Crippen LogP contribution in [0.1, 0.15) is 49.3 Å². The molecule has 39 heavy (non-hydrogen) atoms. The van der Waals surface area contributed by atoms with Crippen LogP contribution in [-0.4, -0.2) is 67.7 Å². The van der Waals surface area contributed by atoms with E-state index in [1.54, 1.807) is 0 Å². The van der Waals surface area contributed by atoms with Gasteiger partial charge < -0.3 is 9.80 Å². The zero-order valence-electron chi connectivity index (χ0n) is 24.1. The van der Waals surface area contributed by atoms with Crippen LogP contribution in [0.25, 0.3) is 0 Å². The Hall–Kier alpha value is -2.89. The molecule has 0 N–H and O–H groups in total. The third kappa shape index (κ3) is 6.82. The molecule has 204 valence electrons. The molecular weight excluding hydrogens is 477 g/mol. The van der Waals surface area contributed by atoms with E-state index in [9.17, 15) is 4.79 Å². The summed E-state index contributed by atoms with van der Waals surface area (Å²) in [4.78, 5) is 20.8. The predicted octanol–water partition coefficient (Wildman–Crippen LogP) is 4.31. The molecule has 5 heteroatoms. The van der Waals surface area contributed by atoms with E-state index < -0.39 is 0 Å². The summed E-state index contributed by atoms with van der Waals surface area (Å²) >= 11 is 0. The molecule has 3 aromatic rings. The Labute approximate surface area is 236 Å². The maximum atomic E-state index is 13.5. The Morgan fingerprint density at radius 2 is 1.56 bits per heavy atom. The zero-order chi connectivity index (χ0) is 27.2. The zero-order valence-corrected chi connectivity index (χ0v) is 24.1. The molecule has 2 heterocycles. The second kappa shape index (κ2) is 12.5. The molecule has 2 saturated heterocycles. The third-order valence-electron chi connectivity index (χ3n) is 9.14. The fourth-order valence-corrected chi connectivity index (χ4v) is 6.58. The molecule has 3 aromatic carbocycles. The second-order valence-electron chi connectivity index (χ2n) is 12.1. The summed E-state index contributed by atoms with van der Waals surface area (Å²) in [5.74, 6) is 1.45. The lowest BCUT2D eigenvalue weighted by molar-refractivity contribution is -0.136. The van der Waals surface area contributed by atoms with Crippen molar-refractivity contribution >= 4 is 19.2 Å². The van der Waals surface area contributed by atoms with E-state index in [0.29, 0.717) is 17.7 Å². The van der Waals surface area contributed by atoms with Crippen LogP contribution in [0.4, 0.5) is 0 Å². The van der Waals surface area contributed by atoms with Crippen LogP contribution in [0.15, 0.2) is 84.9 Å². The van der Waals surface area contributed by atoms with Crippen LogP contribution < -0.4 is 5.46 Å². The molecule has 4 nitrogen and oxygen atoms in total. The molecule has 0 radical (unpaired) electrons. The molecular formula is C34H44BN3O. The first-order chi connectivity index (χ1) is 18.9. The van der Waals surface area contributed by atoms with Crippen LogP contribution in [0.2, 0.25) is 0 Å². The van der Waals surface area contributed by atoms with Crippen molar-refractivity contribution in [3.8, 4) is 0 Å². The van der Waals surface area contributed by atoms with E-state index in [4.69, 9.17) is 0 Å². The first-order valence-electron chi connectivity index (χ1n) is 14.8. The van der Waals surface area contributed by atoms with Crippen LogP contribution in [-0.2, 0) is 17.9 Å². The maximum absolute atomic E-state index is 13.5. The van der Waals surface area contributed by atoms with Gasteiger partial charge in [-0.15, -0.1) is 0 Å². The minimum absolute atomic E-state index is 0.258. The summed E-state index contributed by atoms with van der Waals surface area (Å²) in [6.45, 7) is 12.4. The smallest absolute Gasteiger partial charge is 0.228 e. The monoisotopic (exact) mass is 521 g/mol. The Bertz CT molecular complexity index is 1200. The molecule has 3 atom stereocenters. The summed E-state index contributed by atoms with van der Waals surface area (Å²) in [6.07, 6.45) is 1.89. The Kier molecular flexibility index (Phi) is 8.89. The van der Waals surface area contributed by atoms with Gasteiger partial charge >= 0.3 is 0 Å². The SMILES string of the molecule is Bc1ccc(CN2CCC(C)(CCN(CC)C[C@H]3CN(Cc4ccccc4)C[C@@H]3c3ccccc3)C2=O)cc1. The van der Waals surface area contributed by atoms with Gasteiger partial charge in [-0.1, -0.05) is 104 Å². The molecule has 2 aliphatic rings. The van der Waals surface area contributed by atoms with Gasteiger partial charge in [0.15, 0.2) is 0 Å². The summed E-state index contributed by atoms with van der Waals surface area (Å²) in [6, 6.07) is 30.5. The number of likely N-dealkylation sites (tertiary alicyclic amines) is 2. The number of amides is 1. The Morgan fingerprint density at radius 1 is 0.897 bits per heavy atom. The number of carbonyl (C=O) groups excluding carboxylic acids is 1. The largest absolute Gasteiger partial charge is 0.338 e. The van der Waals surface area contributed by atoms with Gasteiger partial charge in [0.05, 0.1) is 0 Å². The fourth-order valence-electron chi connectivity index (χ4n) is 6.58. The lowest BCUT2D eigenvalue weighted by Crippen LogP contribution is -2.38. The topological polar surface area (TPSA) is 26.8 Å². The van der Waals surface area contributed by atoms with E-state index in [1.807, 2.05) is 0 Å². The molecule has 5 rings (SSSR count). The van der Waals surface area contributed by atoms with Gasteiger partial charge in [0, 0.05) is 50.6 Å². The van der Waals surface area contributed by atoms with Gasteiger partial charge in [-0.2, -0.15) is 0 Å². The summed E-state index contributed by atoms with van der Waals surface area (Å²) in [7, 11) is 2.11. The molecule has 0 bridgehead atoms. The lowest BCUT2D eigenvalue weighted by Gasteiger charge is -2.31. The van der Waals surface area contributed by atoms with Crippen molar-refractivity contribution < 1.29 is 4.79 Å². The number of benzene rings is 3. The molecule has 0 spiro atoms. The van der Waals surface area contributed by atoms with Crippen LogP contribution in [0.3, 0.4) is 0 Å². The first-order valence-corrected chi connectivity index (χ1v) is 14.8. The van der Waals surface area contributed by atoms with Gasteiger partial charge in [-0.3, -0.25) is 9.69 Å². The molecule has 2 fully saturated rings. The molecule has 1 amide bonds. The quantitative estimate of drug-likeness (QED) is 0.352. The minimum atomic E-state index is -0.258. The van der Waals surface area contributed by atoms with Gasteiger partial charge in [0.1, 0.15) is 7.85 Å². The number of nitrogens with zero attached hydrogens (tertiary/aromatic N) is 3. The average Bonchev–Trinajstić information content (AvgIpc) is 3.49. The number of hydrogen-bond acceptors (Lipinski definition) is 3. The van der Waals surface area contributed by atoms with Gasteiger partial charge in [-0.05, 0) is 48.5 Å². The van der Waals surface area contributed by atoms with Crippen molar-refractivity contribution in [3.63, 3.8) is 0 Å². The molecule has 1 unspecified atom stereocenters. The minimum Gasteiger partial charge on any atom is -0.338 e. The van der Waals surface area contributed by atoms with E-state index in [0.717, 1.165) is 65.2 Å². The van der Waals surface area contributed by atoms with Crippen LogP contribution in [0, 0.1) is 11.3 Å². The Morgan fingerprint density at radius 3 is 2.26 bits per heavy atom. The van der Waals surface area contributed by atoms with E-state index >= 15 is 0 Å². The predicted molar refractivity (Wildman–Crippen MR) is 164 cm³/mol. The Balaban J connectivity index is 1.21. The first kappa shape index (κ1) is 27.7. The highest BCUT2D eigenvalue weighted by atomic mass is 16.2. The molecule has 2 aliphatic heterocycles. The van der Waals surface area contributed by atoms with Crippen molar-refractivity contribution in [2.24, 2.45) is 11.3 Å². The van der Waals surface area contributed by atoms with Crippen LogP contribution >= 0.6 is 0 Å².